The molecular weight excluding hydrogens is 206 g/mol. The Bertz CT molecular complexity index is 352. The van der Waals surface area contributed by atoms with Crippen LogP contribution in [0.3, 0.4) is 0 Å². The largest absolute Gasteiger partial charge is 0.495 e. The van der Waals surface area contributed by atoms with Crippen LogP contribution in [0.4, 0.5) is 5.69 Å². The molecule has 4 heteroatoms. The third kappa shape index (κ3) is 2.89. The number of rotatable bonds is 5. The van der Waals surface area contributed by atoms with Gasteiger partial charge in [0.1, 0.15) is 11.8 Å². The second kappa shape index (κ2) is 6.00. The van der Waals surface area contributed by atoms with Gasteiger partial charge < -0.3 is 14.8 Å². The summed E-state index contributed by atoms with van der Waals surface area (Å²) in [6.07, 6.45) is 0.657. The maximum Gasteiger partial charge on any atom is 0.328 e. The van der Waals surface area contributed by atoms with Gasteiger partial charge in [0, 0.05) is 0 Å². The molecule has 0 aliphatic rings. The van der Waals surface area contributed by atoms with Crippen LogP contribution in [-0.2, 0) is 9.53 Å². The van der Waals surface area contributed by atoms with E-state index in [9.17, 15) is 4.79 Å². The summed E-state index contributed by atoms with van der Waals surface area (Å²) in [6, 6.07) is 7.12. The number of para-hydroxylation sites is 2. The highest BCUT2D eigenvalue weighted by Gasteiger charge is 2.17. The lowest BCUT2D eigenvalue weighted by Gasteiger charge is -2.17. The average molecular weight is 223 g/mol. The third-order valence-electron chi connectivity index (χ3n) is 2.33. The highest BCUT2D eigenvalue weighted by Crippen LogP contribution is 2.24. The highest BCUT2D eigenvalue weighted by atomic mass is 16.5. The predicted molar refractivity (Wildman–Crippen MR) is 62.7 cm³/mol. The maximum atomic E-state index is 11.4. The molecule has 0 saturated carbocycles. The van der Waals surface area contributed by atoms with Crippen LogP contribution in [-0.4, -0.2) is 26.2 Å². The molecule has 1 aromatic rings. The van der Waals surface area contributed by atoms with Gasteiger partial charge in [-0.05, 0) is 18.6 Å². The van der Waals surface area contributed by atoms with Crippen LogP contribution in [0.15, 0.2) is 24.3 Å². The first-order chi connectivity index (χ1) is 7.72. The van der Waals surface area contributed by atoms with Gasteiger partial charge in [0.25, 0.3) is 0 Å². The summed E-state index contributed by atoms with van der Waals surface area (Å²) in [5.74, 6) is 0.443. The Morgan fingerprint density at radius 2 is 2.06 bits per heavy atom. The van der Waals surface area contributed by atoms with E-state index in [4.69, 9.17) is 9.47 Å². The SMILES string of the molecule is CCC(Nc1ccccc1OC)C(=O)OC. The number of carbonyl (C=O) groups excluding carboxylic acids is 1. The highest BCUT2D eigenvalue weighted by molar-refractivity contribution is 5.79. The van der Waals surface area contributed by atoms with Crippen molar-refractivity contribution < 1.29 is 14.3 Å². The average Bonchev–Trinajstić information content (AvgIpc) is 2.35. The lowest BCUT2D eigenvalue weighted by atomic mass is 10.2. The molecule has 0 saturated heterocycles. The van der Waals surface area contributed by atoms with E-state index in [0.29, 0.717) is 12.2 Å². The number of anilines is 1. The van der Waals surface area contributed by atoms with Gasteiger partial charge in [0.05, 0.1) is 19.9 Å². The maximum absolute atomic E-state index is 11.4. The number of hydrogen-bond acceptors (Lipinski definition) is 4. The van der Waals surface area contributed by atoms with Crippen LogP contribution in [0, 0.1) is 0 Å². The summed E-state index contributed by atoms with van der Waals surface area (Å²) in [5.41, 5.74) is 0.794. The predicted octanol–water partition coefficient (Wildman–Crippen LogP) is 2.06. The Morgan fingerprint density at radius 1 is 1.38 bits per heavy atom. The first-order valence-corrected chi connectivity index (χ1v) is 5.20. The minimum atomic E-state index is -0.346. The van der Waals surface area contributed by atoms with E-state index in [1.54, 1.807) is 7.11 Å². The first-order valence-electron chi connectivity index (χ1n) is 5.20. The van der Waals surface area contributed by atoms with Gasteiger partial charge in [0.15, 0.2) is 0 Å². The van der Waals surface area contributed by atoms with Crippen LogP contribution < -0.4 is 10.1 Å². The van der Waals surface area contributed by atoms with E-state index >= 15 is 0 Å². The van der Waals surface area contributed by atoms with Crippen LogP contribution in [0.5, 0.6) is 5.75 Å². The van der Waals surface area contributed by atoms with Gasteiger partial charge in [0.2, 0.25) is 0 Å². The van der Waals surface area contributed by atoms with Crippen molar-refractivity contribution in [1.29, 1.82) is 0 Å². The molecule has 0 heterocycles. The molecule has 1 unspecified atom stereocenters. The number of ether oxygens (including phenoxy) is 2. The lowest BCUT2D eigenvalue weighted by molar-refractivity contribution is -0.141. The zero-order chi connectivity index (χ0) is 12.0. The van der Waals surface area contributed by atoms with Crippen molar-refractivity contribution in [1.82, 2.24) is 0 Å². The molecule has 0 aliphatic carbocycles. The number of methoxy groups -OCH3 is 2. The second-order valence-electron chi connectivity index (χ2n) is 3.33. The van der Waals surface area contributed by atoms with Crippen molar-refractivity contribution in [3.63, 3.8) is 0 Å². The quantitative estimate of drug-likeness (QED) is 0.776. The summed E-state index contributed by atoms with van der Waals surface area (Å²) in [7, 11) is 2.98. The second-order valence-corrected chi connectivity index (χ2v) is 3.33. The molecule has 0 spiro atoms. The standard InChI is InChI=1S/C12H17NO3/c1-4-9(12(14)16-3)13-10-7-5-6-8-11(10)15-2/h5-9,13H,4H2,1-3H3. The van der Waals surface area contributed by atoms with Crippen molar-refractivity contribution >= 4 is 11.7 Å². The minimum Gasteiger partial charge on any atom is -0.495 e. The lowest BCUT2D eigenvalue weighted by Crippen LogP contribution is -2.29. The smallest absolute Gasteiger partial charge is 0.328 e. The van der Waals surface area contributed by atoms with Gasteiger partial charge in [-0.25, -0.2) is 4.79 Å². The van der Waals surface area contributed by atoms with Gasteiger partial charge in [-0.2, -0.15) is 0 Å². The molecule has 1 aromatic carbocycles. The first kappa shape index (κ1) is 12.4. The summed E-state index contributed by atoms with van der Waals surface area (Å²) in [4.78, 5) is 11.4. The number of esters is 1. The monoisotopic (exact) mass is 223 g/mol. The molecule has 0 amide bonds. The zero-order valence-electron chi connectivity index (χ0n) is 9.82. The normalized spacial score (nSPS) is 11.7. The van der Waals surface area contributed by atoms with E-state index in [0.717, 1.165) is 5.69 Å². The molecule has 1 rings (SSSR count). The van der Waals surface area contributed by atoms with Crippen molar-refractivity contribution in [2.24, 2.45) is 0 Å². The van der Waals surface area contributed by atoms with Crippen molar-refractivity contribution in [2.75, 3.05) is 19.5 Å². The van der Waals surface area contributed by atoms with Crippen LogP contribution in [0.25, 0.3) is 0 Å². The Morgan fingerprint density at radius 3 is 2.62 bits per heavy atom. The molecule has 0 radical (unpaired) electrons. The molecule has 0 bridgehead atoms. The Balaban J connectivity index is 2.81. The minimum absolute atomic E-state index is 0.270. The van der Waals surface area contributed by atoms with E-state index in [2.05, 4.69) is 5.32 Å². The number of benzene rings is 1. The number of hydrogen-bond donors (Lipinski definition) is 1. The summed E-state index contributed by atoms with van der Waals surface area (Å²) in [6.45, 7) is 1.92. The van der Waals surface area contributed by atoms with E-state index in [1.165, 1.54) is 7.11 Å². The van der Waals surface area contributed by atoms with Gasteiger partial charge in [-0.15, -0.1) is 0 Å². The topological polar surface area (TPSA) is 47.6 Å². The number of carbonyl (C=O) groups is 1. The fourth-order valence-corrected chi connectivity index (χ4v) is 1.42. The van der Waals surface area contributed by atoms with Crippen LogP contribution >= 0.6 is 0 Å². The fraction of sp³-hybridized carbons (Fsp3) is 0.417. The molecule has 1 atom stereocenters. The van der Waals surface area contributed by atoms with E-state index < -0.39 is 0 Å². The summed E-state index contributed by atoms with van der Waals surface area (Å²) in [5, 5.41) is 3.10. The molecule has 1 N–H and O–H groups in total. The van der Waals surface area contributed by atoms with Crippen molar-refractivity contribution in [3.8, 4) is 5.75 Å². The van der Waals surface area contributed by atoms with E-state index in [-0.39, 0.29) is 12.0 Å². The molecule has 88 valence electrons. The molecule has 0 aliphatic heterocycles. The Hall–Kier alpha value is -1.71. The van der Waals surface area contributed by atoms with Crippen LogP contribution in [0.1, 0.15) is 13.3 Å². The van der Waals surface area contributed by atoms with Gasteiger partial charge >= 0.3 is 5.97 Å². The molecule has 16 heavy (non-hydrogen) atoms. The molecule has 4 nitrogen and oxygen atoms in total. The Labute approximate surface area is 95.6 Å². The molecular formula is C12H17NO3. The zero-order valence-corrected chi connectivity index (χ0v) is 9.82. The molecule has 0 fully saturated rings. The Kier molecular flexibility index (Phi) is 4.64. The summed E-state index contributed by atoms with van der Waals surface area (Å²) < 4.78 is 9.90. The number of nitrogens with one attached hydrogen (secondary N) is 1. The van der Waals surface area contributed by atoms with Crippen molar-refractivity contribution in [3.05, 3.63) is 24.3 Å². The van der Waals surface area contributed by atoms with Crippen molar-refractivity contribution in [2.45, 2.75) is 19.4 Å². The fourth-order valence-electron chi connectivity index (χ4n) is 1.42. The summed E-state index contributed by atoms with van der Waals surface area (Å²) >= 11 is 0. The molecule has 0 aromatic heterocycles. The van der Waals surface area contributed by atoms with Gasteiger partial charge in [-0.3, -0.25) is 0 Å². The van der Waals surface area contributed by atoms with E-state index in [1.807, 2.05) is 31.2 Å². The third-order valence-corrected chi connectivity index (χ3v) is 2.33. The van der Waals surface area contributed by atoms with Crippen LogP contribution in [0.2, 0.25) is 0 Å². The van der Waals surface area contributed by atoms with Gasteiger partial charge in [-0.1, -0.05) is 19.1 Å².